The molecule has 1 saturated heterocycles. The van der Waals surface area contributed by atoms with Gasteiger partial charge in [-0.3, -0.25) is 9.69 Å². The highest BCUT2D eigenvalue weighted by molar-refractivity contribution is 6.06. The molecule has 3 rings (SSSR count). The van der Waals surface area contributed by atoms with E-state index in [-0.39, 0.29) is 23.3 Å². The number of hydrogen-bond donors (Lipinski definition) is 3. The molecule has 2 aromatic carbocycles. The molecule has 0 radical (unpaired) electrons. The normalized spacial score (nSPS) is 15.9. The number of carbonyl (C=O) groups is 1. The Labute approximate surface area is 147 Å². The lowest BCUT2D eigenvalue weighted by atomic mass is 10.1. The number of benzene rings is 2. The average Bonchev–Trinajstić information content (AvgIpc) is 2.61. The van der Waals surface area contributed by atoms with Crippen molar-refractivity contribution in [3.8, 4) is 5.75 Å². The van der Waals surface area contributed by atoms with Crippen LogP contribution in [0.1, 0.15) is 34.3 Å². The molecule has 0 unspecified atom stereocenters. The molecule has 25 heavy (non-hydrogen) atoms. The van der Waals surface area contributed by atoms with E-state index in [0.717, 1.165) is 43.7 Å². The molecule has 132 valence electrons. The monoisotopic (exact) mass is 340 g/mol. The minimum Gasteiger partial charge on any atom is -0.507 e. The Kier molecular flexibility index (Phi) is 5.36. The fraction of sp³-hybridized carbons (Fsp3) is 0.350. The van der Waals surface area contributed by atoms with Crippen molar-refractivity contribution in [3.05, 3.63) is 59.2 Å². The van der Waals surface area contributed by atoms with E-state index in [9.17, 15) is 15.0 Å². The van der Waals surface area contributed by atoms with Crippen molar-refractivity contribution in [2.45, 2.75) is 32.4 Å². The molecule has 0 saturated carbocycles. The summed E-state index contributed by atoms with van der Waals surface area (Å²) in [4.78, 5) is 14.8. The number of likely N-dealkylation sites (tertiary alicyclic amines) is 1. The third-order valence-electron chi connectivity index (χ3n) is 4.70. The minimum atomic E-state index is -0.317. The third-order valence-corrected chi connectivity index (χ3v) is 4.70. The maximum absolute atomic E-state index is 12.6. The third kappa shape index (κ3) is 4.18. The number of piperidine rings is 1. The van der Waals surface area contributed by atoms with Gasteiger partial charge in [-0.05, 0) is 43.0 Å². The Bertz CT molecular complexity index is 752. The summed E-state index contributed by atoms with van der Waals surface area (Å²) in [6.07, 6.45) is 1.37. The number of nitrogens with one attached hydrogen (secondary N) is 1. The van der Waals surface area contributed by atoms with Gasteiger partial charge in [-0.25, -0.2) is 0 Å². The van der Waals surface area contributed by atoms with Gasteiger partial charge < -0.3 is 15.5 Å². The molecule has 3 N–H and O–H groups in total. The largest absolute Gasteiger partial charge is 0.507 e. The van der Waals surface area contributed by atoms with E-state index in [1.165, 1.54) is 0 Å². The molecule has 0 atom stereocenters. The van der Waals surface area contributed by atoms with Crippen LogP contribution in [0.2, 0.25) is 0 Å². The van der Waals surface area contributed by atoms with Gasteiger partial charge in [-0.2, -0.15) is 0 Å². The van der Waals surface area contributed by atoms with Crippen molar-refractivity contribution in [2.75, 3.05) is 18.4 Å². The van der Waals surface area contributed by atoms with Crippen LogP contribution in [0.4, 0.5) is 5.69 Å². The lowest BCUT2D eigenvalue weighted by molar-refractivity contribution is 0.0793. The molecule has 0 aromatic heterocycles. The maximum atomic E-state index is 12.6. The first-order valence-corrected chi connectivity index (χ1v) is 8.63. The Balaban J connectivity index is 1.74. The van der Waals surface area contributed by atoms with Crippen LogP contribution >= 0.6 is 0 Å². The van der Waals surface area contributed by atoms with E-state index in [1.54, 1.807) is 25.1 Å². The number of rotatable bonds is 4. The fourth-order valence-corrected chi connectivity index (χ4v) is 3.13. The summed E-state index contributed by atoms with van der Waals surface area (Å²) in [5.74, 6) is -0.301. The smallest absolute Gasteiger partial charge is 0.259 e. The van der Waals surface area contributed by atoms with Crippen molar-refractivity contribution in [1.29, 1.82) is 0 Å². The predicted octanol–water partition coefficient (Wildman–Crippen LogP) is 2.91. The van der Waals surface area contributed by atoms with Gasteiger partial charge in [0.05, 0.1) is 11.7 Å². The van der Waals surface area contributed by atoms with E-state index in [1.807, 2.05) is 24.3 Å². The highest BCUT2D eigenvalue weighted by Gasteiger charge is 2.19. The van der Waals surface area contributed by atoms with E-state index < -0.39 is 0 Å². The number of aromatic hydroxyl groups is 1. The van der Waals surface area contributed by atoms with Gasteiger partial charge in [-0.15, -0.1) is 0 Å². The van der Waals surface area contributed by atoms with Crippen LogP contribution in [0.25, 0.3) is 0 Å². The zero-order valence-corrected chi connectivity index (χ0v) is 14.4. The van der Waals surface area contributed by atoms with Crippen LogP contribution in [0.3, 0.4) is 0 Å². The lowest BCUT2D eigenvalue weighted by Gasteiger charge is -2.30. The second kappa shape index (κ2) is 7.68. The first-order chi connectivity index (χ1) is 12.0. The van der Waals surface area contributed by atoms with E-state index in [0.29, 0.717) is 5.56 Å². The van der Waals surface area contributed by atoms with E-state index in [2.05, 4.69) is 10.2 Å². The molecule has 1 aliphatic rings. The van der Waals surface area contributed by atoms with Gasteiger partial charge in [0.1, 0.15) is 5.75 Å². The zero-order chi connectivity index (χ0) is 17.8. The van der Waals surface area contributed by atoms with Crippen LogP contribution in [0.15, 0.2) is 42.5 Å². The first-order valence-electron chi connectivity index (χ1n) is 8.63. The number of aliphatic hydroxyl groups is 1. The number of amides is 1. The number of carbonyl (C=O) groups excluding carboxylic acids is 1. The Morgan fingerprint density at radius 3 is 2.64 bits per heavy atom. The Morgan fingerprint density at radius 2 is 1.88 bits per heavy atom. The van der Waals surface area contributed by atoms with Crippen LogP contribution in [-0.4, -0.2) is 40.2 Å². The molecule has 0 bridgehead atoms. The highest BCUT2D eigenvalue weighted by atomic mass is 16.3. The van der Waals surface area contributed by atoms with Gasteiger partial charge in [0, 0.05) is 25.3 Å². The SMILES string of the molecule is Cc1cccc(C(=O)Nc2ccccc2CN2CCC(O)CC2)c1O. The molecule has 5 heteroatoms. The maximum Gasteiger partial charge on any atom is 0.259 e. The van der Waals surface area contributed by atoms with Gasteiger partial charge in [0.25, 0.3) is 5.91 Å². The van der Waals surface area contributed by atoms with Crippen molar-refractivity contribution < 1.29 is 15.0 Å². The molecule has 2 aromatic rings. The van der Waals surface area contributed by atoms with Crippen LogP contribution in [0, 0.1) is 6.92 Å². The molecule has 0 aliphatic carbocycles. The average molecular weight is 340 g/mol. The number of aliphatic hydroxyl groups excluding tert-OH is 1. The standard InChI is InChI=1S/C20H24N2O3/c1-14-5-4-7-17(19(14)24)20(25)21-18-8-3-2-6-15(18)13-22-11-9-16(23)10-12-22/h2-8,16,23-24H,9-13H2,1H3,(H,21,25). The number of anilines is 1. The molecular weight excluding hydrogens is 316 g/mol. The number of aryl methyl sites for hydroxylation is 1. The Morgan fingerprint density at radius 1 is 1.16 bits per heavy atom. The second-order valence-electron chi connectivity index (χ2n) is 6.59. The van der Waals surface area contributed by atoms with Gasteiger partial charge >= 0.3 is 0 Å². The number of para-hydroxylation sites is 2. The summed E-state index contributed by atoms with van der Waals surface area (Å²) in [5, 5.41) is 22.7. The first kappa shape index (κ1) is 17.5. The number of nitrogens with zero attached hydrogens (tertiary/aromatic N) is 1. The number of phenolic OH excluding ortho intramolecular Hbond substituents is 1. The summed E-state index contributed by atoms with van der Waals surface area (Å²) in [7, 11) is 0. The molecule has 1 aliphatic heterocycles. The van der Waals surface area contributed by atoms with Crippen LogP contribution < -0.4 is 5.32 Å². The van der Waals surface area contributed by atoms with Crippen molar-refractivity contribution in [1.82, 2.24) is 4.90 Å². The lowest BCUT2D eigenvalue weighted by Crippen LogP contribution is -2.35. The van der Waals surface area contributed by atoms with E-state index >= 15 is 0 Å². The minimum absolute atomic E-state index is 0.0162. The Hall–Kier alpha value is -2.37. The molecule has 0 spiro atoms. The predicted molar refractivity (Wildman–Crippen MR) is 97.8 cm³/mol. The molecular formula is C20H24N2O3. The van der Waals surface area contributed by atoms with Crippen molar-refractivity contribution in [3.63, 3.8) is 0 Å². The van der Waals surface area contributed by atoms with E-state index in [4.69, 9.17) is 0 Å². The summed E-state index contributed by atoms with van der Waals surface area (Å²) < 4.78 is 0. The summed E-state index contributed by atoms with van der Waals surface area (Å²) in [6.45, 7) is 4.19. The summed E-state index contributed by atoms with van der Waals surface area (Å²) >= 11 is 0. The molecule has 1 fully saturated rings. The topological polar surface area (TPSA) is 72.8 Å². The number of phenols is 1. The van der Waals surface area contributed by atoms with Gasteiger partial charge in [0.2, 0.25) is 0 Å². The molecule has 1 heterocycles. The van der Waals surface area contributed by atoms with Gasteiger partial charge in [0.15, 0.2) is 0 Å². The number of hydrogen-bond acceptors (Lipinski definition) is 4. The second-order valence-corrected chi connectivity index (χ2v) is 6.59. The molecule has 5 nitrogen and oxygen atoms in total. The zero-order valence-electron chi connectivity index (χ0n) is 14.4. The summed E-state index contributed by atoms with van der Waals surface area (Å²) in [6, 6.07) is 12.9. The summed E-state index contributed by atoms with van der Waals surface area (Å²) in [5.41, 5.74) is 2.72. The van der Waals surface area contributed by atoms with Gasteiger partial charge in [-0.1, -0.05) is 30.3 Å². The van der Waals surface area contributed by atoms with Crippen molar-refractivity contribution in [2.24, 2.45) is 0 Å². The van der Waals surface area contributed by atoms with Crippen LogP contribution in [0.5, 0.6) is 5.75 Å². The van der Waals surface area contributed by atoms with Crippen LogP contribution in [-0.2, 0) is 6.54 Å². The molecule has 1 amide bonds. The highest BCUT2D eigenvalue weighted by Crippen LogP contribution is 2.24. The fourth-order valence-electron chi connectivity index (χ4n) is 3.13. The van der Waals surface area contributed by atoms with Crippen molar-refractivity contribution >= 4 is 11.6 Å². The quantitative estimate of drug-likeness (QED) is 0.800.